The largest absolute Gasteiger partial charge is 0.359 e. The molecule has 0 saturated carbocycles. The van der Waals surface area contributed by atoms with E-state index in [0.29, 0.717) is 5.69 Å². The summed E-state index contributed by atoms with van der Waals surface area (Å²) in [4.78, 5) is 24.5. The molecule has 5 heteroatoms. The summed E-state index contributed by atoms with van der Waals surface area (Å²) in [5.74, 6) is -1.19. The molecule has 0 radical (unpaired) electrons. The highest BCUT2D eigenvalue weighted by molar-refractivity contribution is 6.08. The molecule has 2 rings (SSSR count). The Morgan fingerprint density at radius 2 is 2.12 bits per heavy atom. The molecule has 17 heavy (non-hydrogen) atoms. The number of amides is 2. The number of carbonyl (C=O) groups excluding carboxylic acids is 2. The Balaban J connectivity index is 2.48. The highest BCUT2D eigenvalue weighted by atomic mass is 19.1. The van der Waals surface area contributed by atoms with Gasteiger partial charge in [-0.1, -0.05) is 18.2 Å². The summed E-state index contributed by atoms with van der Waals surface area (Å²) in [7, 11) is 2.92. The zero-order valence-electron chi connectivity index (χ0n) is 9.66. The van der Waals surface area contributed by atoms with Crippen LogP contribution in [0.5, 0.6) is 0 Å². The van der Waals surface area contributed by atoms with Crippen molar-refractivity contribution in [3.8, 4) is 0 Å². The van der Waals surface area contributed by atoms with Crippen molar-refractivity contribution in [3.63, 3.8) is 0 Å². The van der Waals surface area contributed by atoms with Crippen LogP contribution in [0.15, 0.2) is 24.3 Å². The molecule has 0 spiro atoms. The van der Waals surface area contributed by atoms with E-state index in [1.807, 2.05) is 0 Å². The van der Waals surface area contributed by atoms with Crippen molar-refractivity contribution in [1.82, 2.24) is 5.32 Å². The molecule has 1 heterocycles. The van der Waals surface area contributed by atoms with E-state index in [1.54, 1.807) is 24.3 Å². The van der Waals surface area contributed by atoms with Gasteiger partial charge >= 0.3 is 0 Å². The number of carbonyl (C=O) groups is 2. The highest BCUT2D eigenvalue weighted by Gasteiger charge is 2.51. The first-order valence-electron chi connectivity index (χ1n) is 5.28. The van der Waals surface area contributed by atoms with E-state index in [4.69, 9.17) is 0 Å². The Labute approximate surface area is 98.4 Å². The molecule has 4 nitrogen and oxygen atoms in total. The number of para-hydroxylation sites is 1. The molecule has 1 N–H and O–H groups in total. The Hall–Kier alpha value is -1.91. The molecule has 90 valence electrons. The van der Waals surface area contributed by atoms with Gasteiger partial charge in [0.25, 0.3) is 5.91 Å². The second kappa shape index (κ2) is 3.84. The van der Waals surface area contributed by atoms with Gasteiger partial charge in [-0.2, -0.15) is 0 Å². The topological polar surface area (TPSA) is 49.4 Å². The second-order valence-electron chi connectivity index (χ2n) is 4.03. The third-order valence-electron chi connectivity index (χ3n) is 3.02. The van der Waals surface area contributed by atoms with Crippen molar-refractivity contribution in [1.29, 1.82) is 0 Å². The number of anilines is 1. The molecule has 0 fully saturated rings. The molecule has 0 saturated heterocycles. The van der Waals surface area contributed by atoms with E-state index < -0.39 is 23.9 Å². The van der Waals surface area contributed by atoms with Crippen LogP contribution < -0.4 is 10.2 Å². The van der Waals surface area contributed by atoms with Crippen molar-refractivity contribution in [2.45, 2.75) is 12.1 Å². The third-order valence-corrected chi connectivity index (χ3v) is 3.02. The zero-order chi connectivity index (χ0) is 12.6. The number of rotatable bonds is 2. The fourth-order valence-corrected chi connectivity index (χ4v) is 2.07. The van der Waals surface area contributed by atoms with Gasteiger partial charge in [0, 0.05) is 19.7 Å². The first-order valence-corrected chi connectivity index (χ1v) is 5.28. The summed E-state index contributed by atoms with van der Waals surface area (Å²) in [5, 5.41) is 2.33. The number of nitrogens with one attached hydrogen (secondary N) is 1. The van der Waals surface area contributed by atoms with Gasteiger partial charge in [-0.05, 0) is 6.07 Å². The number of hydrogen-bond donors (Lipinski definition) is 1. The van der Waals surface area contributed by atoms with Gasteiger partial charge in [0.05, 0.1) is 12.1 Å². The standard InChI is InChI=1S/C12H13FN2O2/c1-14-10(16)7-12(13)8-5-3-4-6-9(8)15(2)11(12)17/h3-6H,7H2,1-2H3,(H,14,16). The van der Waals surface area contributed by atoms with Crippen LogP contribution in [0.3, 0.4) is 0 Å². The summed E-state index contributed by atoms with van der Waals surface area (Å²) in [6.45, 7) is 0. The Morgan fingerprint density at radius 1 is 1.47 bits per heavy atom. The van der Waals surface area contributed by atoms with E-state index in [-0.39, 0.29) is 5.56 Å². The minimum absolute atomic E-state index is 0.260. The lowest BCUT2D eigenvalue weighted by Gasteiger charge is -2.17. The molecule has 0 aliphatic carbocycles. The van der Waals surface area contributed by atoms with E-state index in [9.17, 15) is 14.0 Å². The lowest BCUT2D eigenvalue weighted by molar-refractivity contribution is -0.135. The molecule has 1 aromatic carbocycles. The summed E-state index contributed by atoms with van der Waals surface area (Å²) in [6, 6.07) is 6.59. The third kappa shape index (κ3) is 1.58. The molecule has 1 aliphatic heterocycles. The number of fused-ring (bicyclic) bond motifs is 1. The van der Waals surface area contributed by atoms with E-state index in [0.717, 1.165) is 0 Å². The summed E-state index contributed by atoms with van der Waals surface area (Å²) >= 11 is 0. The van der Waals surface area contributed by atoms with Gasteiger partial charge in [-0.25, -0.2) is 4.39 Å². The van der Waals surface area contributed by atoms with Gasteiger partial charge in [0.15, 0.2) is 0 Å². The molecular weight excluding hydrogens is 223 g/mol. The first kappa shape index (κ1) is 11.6. The molecule has 1 atom stereocenters. The fourth-order valence-electron chi connectivity index (χ4n) is 2.07. The minimum atomic E-state index is -2.24. The lowest BCUT2D eigenvalue weighted by atomic mass is 9.93. The number of nitrogens with zero attached hydrogens (tertiary/aromatic N) is 1. The molecule has 0 bridgehead atoms. The Morgan fingerprint density at radius 3 is 2.76 bits per heavy atom. The predicted molar refractivity (Wildman–Crippen MR) is 61.3 cm³/mol. The Bertz CT molecular complexity index is 489. The number of hydrogen-bond acceptors (Lipinski definition) is 2. The van der Waals surface area contributed by atoms with Gasteiger partial charge in [0.2, 0.25) is 11.6 Å². The molecule has 1 aliphatic rings. The van der Waals surface area contributed by atoms with Crippen LogP contribution >= 0.6 is 0 Å². The normalized spacial score (nSPS) is 22.5. The van der Waals surface area contributed by atoms with Crippen LogP contribution in [-0.2, 0) is 15.3 Å². The summed E-state index contributed by atoms with van der Waals surface area (Å²) < 4.78 is 14.7. The molecule has 1 unspecified atom stereocenters. The van der Waals surface area contributed by atoms with E-state index >= 15 is 0 Å². The maximum Gasteiger partial charge on any atom is 0.269 e. The Kier molecular flexibility index (Phi) is 2.61. The number of benzene rings is 1. The average molecular weight is 236 g/mol. The monoisotopic (exact) mass is 236 g/mol. The second-order valence-corrected chi connectivity index (χ2v) is 4.03. The van der Waals surface area contributed by atoms with Crippen LogP contribution in [-0.4, -0.2) is 25.9 Å². The maximum atomic E-state index is 14.7. The minimum Gasteiger partial charge on any atom is -0.359 e. The molecule has 1 aromatic rings. The smallest absolute Gasteiger partial charge is 0.269 e. The van der Waals surface area contributed by atoms with Crippen molar-refractivity contribution in [2.75, 3.05) is 19.0 Å². The van der Waals surface area contributed by atoms with Gasteiger partial charge in [-0.15, -0.1) is 0 Å². The van der Waals surface area contributed by atoms with Crippen molar-refractivity contribution in [3.05, 3.63) is 29.8 Å². The quantitative estimate of drug-likeness (QED) is 0.831. The number of likely N-dealkylation sites (N-methyl/N-ethyl adjacent to an activating group) is 1. The molecule has 2 amide bonds. The molecule has 0 aromatic heterocycles. The zero-order valence-corrected chi connectivity index (χ0v) is 9.66. The summed E-state index contributed by atoms with van der Waals surface area (Å²) in [6.07, 6.45) is -0.482. The van der Waals surface area contributed by atoms with Crippen molar-refractivity contribution >= 4 is 17.5 Å². The number of alkyl halides is 1. The van der Waals surface area contributed by atoms with Crippen LogP contribution in [0.4, 0.5) is 10.1 Å². The average Bonchev–Trinajstić information content (AvgIpc) is 2.53. The van der Waals surface area contributed by atoms with Crippen LogP contribution in [0.25, 0.3) is 0 Å². The summed E-state index contributed by atoms with van der Waals surface area (Å²) in [5.41, 5.74) is -1.47. The van der Waals surface area contributed by atoms with E-state index in [1.165, 1.54) is 19.0 Å². The van der Waals surface area contributed by atoms with Crippen LogP contribution in [0, 0.1) is 0 Å². The number of halogens is 1. The van der Waals surface area contributed by atoms with Crippen molar-refractivity contribution in [2.24, 2.45) is 0 Å². The highest BCUT2D eigenvalue weighted by Crippen LogP contribution is 2.44. The van der Waals surface area contributed by atoms with Crippen LogP contribution in [0.2, 0.25) is 0 Å². The van der Waals surface area contributed by atoms with E-state index in [2.05, 4.69) is 5.32 Å². The van der Waals surface area contributed by atoms with Crippen molar-refractivity contribution < 1.29 is 14.0 Å². The first-order chi connectivity index (χ1) is 8.00. The fraction of sp³-hybridized carbons (Fsp3) is 0.333. The SMILES string of the molecule is CNC(=O)CC1(F)C(=O)N(C)c2ccccc21. The van der Waals surface area contributed by atoms with Gasteiger partial charge in [0.1, 0.15) is 0 Å². The predicted octanol–water partition coefficient (Wildman–Crippen LogP) is 0.964. The lowest BCUT2D eigenvalue weighted by Crippen LogP contribution is -2.39. The van der Waals surface area contributed by atoms with Gasteiger partial charge in [-0.3, -0.25) is 9.59 Å². The maximum absolute atomic E-state index is 14.7. The van der Waals surface area contributed by atoms with Crippen LogP contribution in [0.1, 0.15) is 12.0 Å². The molecular formula is C12H13FN2O2. The van der Waals surface area contributed by atoms with Gasteiger partial charge < -0.3 is 10.2 Å².